The van der Waals surface area contributed by atoms with Crippen LogP contribution in [0.2, 0.25) is 0 Å². The summed E-state index contributed by atoms with van der Waals surface area (Å²) in [6.07, 6.45) is -2.84. The van der Waals surface area contributed by atoms with Gasteiger partial charge in [-0.2, -0.15) is 0 Å². The van der Waals surface area contributed by atoms with Crippen LogP contribution in [0.25, 0.3) is 0 Å². The summed E-state index contributed by atoms with van der Waals surface area (Å²) in [5.41, 5.74) is 0. The van der Waals surface area contributed by atoms with Gasteiger partial charge in [-0.15, -0.1) is 0 Å². The average molecular weight is 179 g/mol. The van der Waals surface area contributed by atoms with Crippen LogP contribution in [0.1, 0.15) is 14.7 Å². The normalized spacial score (nSPS) is 16.4. The highest BCUT2D eigenvalue weighted by Crippen LogP contribution is 1.96. The first kappa shape index (κ1) is 9.44. The standard InChI is InChI=1S/C7H14O5/c1-2-3-12-7(11)6(10)5(9)4-8/h5-6,8-10H,2-4H2,1H3/t5-,6+/m1/s1/i1D. The zero-order chi connectivity index (χ0) is 10.3. The Morgan fingerprint density at radius 3 is 2.83 bits per heavy atom. The lowest BCUT2D eigenvalue weighted by molar-refractivity contribution is -0.161. The maximum Gasteiger partial charge on any atom is 0.337 e. The molecular weight excluding hydrogens is 164 g/mol. The molecule has 0 aliphatic heterocycles. The molecule has 0 aliphatic rings. The number of esters is 1. The number of rotatable bonds is 5. The van der Waals surface area contributed by atoms with Crippen molar-refractivity contribution in [2.75, 3.05) is 13.2 Å². The number of carbonyl (C=O) groups excluding carboxylic acids is 1. The van der Waals surface area contributed by atoms with Gasteiger partial charge in [0.05, 0.1) is 13.2 Å². The van der Waals surface area contributed by atoms with E-state index in [0.717, 1.165) is 0 Å². The van der Waals surface area contributed by atoms with E-state index in [-0.39, 0.29) is 13.5 Å². The molecule has 0 saturated heterocycles. The highest BCUT2D eigenvalue weighted by atomic mass is 16.5. The van der Waals surface area contributed by atoms with E-state index < -0.39 is 24.8 Å². The van der Waals surface area contributed by atoms with Crippen molar-refractivity contribution in [2.45, 2.75) is 25.5 Å². The van der Waals surface area contributed by atoms with Gasteiger partial charge in [-0.25, -0.2) is 4.79 Å². The molecule has 0 radical (unpaired) electrons. The number of carbonyl (C=O) groups is 1. The first-order valence-electron chi connectivity index (χ1n) is 4.27. The third-order valence-electron chi connectivity index (χ3n) is 1.18. The smallest absolute Gasteiger partial charge is 0.337 e. The van der Waals surface area contributed by atoms with Crippen molar-refractivity contribution in [1.82, 2.24) is 0 Å². The summed E-state index contributed by atoms with van der Waals surface area (Å²) in [7, 11) is 0. The monoisotopic (exact) mass is 179 g/mol. The first-order valence-corrected chi connectivity index (χ1v) is 3.56. The van der Waals surface area contributed by atoms with E-state index in [1.807, 2.05) is 0 Å². The molecule has 12 heavy (non-hydrogen) atoms. The van der Waals surface area contributed by atoms with Gasteiger partial charge < -0.3 is 20.1 Å². The molecular formula is C7H14O5. The van der Waals surface area contributed by atoms with Crippen LogP contribution in [-0.4, -0.2) is 46.7 Å². The molecule has 0 saturated carbocycles. The molecule has 0 amide bonds. The SMILES string of the molecule is [2H]CCCOC(=O)[C@@H](O)[C@H](O)CO. The summed E-state index contributed by atoms with van der Waals surface area (Å²) >= 11 is 0. The first-order chi connectivity index (χ1) is 6.13. The van der Waals surface area contributed by atoms with Crippen LogP contribution in [0.5, 0.6) is 0 Å². The van der Waals surface area contributed by atoms with Gasteiger partial charge in [0.2, 0.25) is 0 Å². The minimum Gasteiger partial charge on any atom is -0.464 e. The fourth-order valence-corrected chi connectivity index (χ4v) is 0.515. The lowest BCUT2D eigenvalue weighted by atomic mass is 10.2. The molecule has 0 heterocycles. The van der Waals surface area contributed by atoms with Crippen molar-refractivity contribution >= 4 is 5.97 Å². The summed E-state index contributed by atoms with van der Waals surface area (Å²) in [4.78, 5) is 10.8. The van der Waals surface area contributed by atoms with Crippen LogP contribution < -0.4 is 0 Å². The zero-order valence-corrected chi connectivity index (χ0v) is 6.64. The Hall–Kier alpha value is -0.650. The zero-order valence-electron chi connectivity index (χ0n) is 7.64. The maximum absolute atomic E-state index is 10.8. The Labute approximate surface area is 72.0 Å². The molecule has 0 unspecified atom stereocenters. The number of hydrogen-bond acceptors (Lipinski definition) is 5. The van der Waals surface area contributed by atoms with Crippen LogP contribution in [0.15, 0.2) is 0 Å². The fourth-order valence-electron chi connectivity index (χ4n) is 0.515. The van der Waals surface area contributed by atoms with Crippen LogP contribution in [0, 0.1) is 0 Å². The van der Waals surface area contributed by atoms with Gasteiger partial charge in [0, 0.05) is 1.37 Å². The van der Waals surface area contributed by atoms with E-state index in [9.17, 15) is 4.79 Å². The summed E-state index contributed by atoms with van der Waals surface area (Å²) in [6, 6.07) is 0. The molecule has 2 atom stereocenters. The van der Waals surface area contributed by atoms with Gasteiger partial charge in [0.25, 0.3) is 0 Å². The van der Waals surface area contributed by atoms with Gasteiger partial charge in [0.1, 0.15) is 6.10 Å². The molecule has 0 rings (SSSR count). The third-order valence-corrected chi connectivity index (χ3v) is 1.18. The molecule has 72 valence electrons. The van der Waals surface area contributed by atoms with Crippen molar-refractivity contribution < 1.29 is 26.2 Å². The third kappa shape index (κ3) is 3.66. The second-order valence-corrected chi connectivity index (χ2v) is 2.22. The van der Waals surface area contributed by atoms with Gasteiger partial charge in [0.15, 0.2) is 6.10 Å². The van der Waals surface area contributed by atoms with Crippen LogP contribution in [-0.2, 0) is 9.53 Å². The van der Waals surface area contributed by atoms with Crippen molar-refractivity contribution in [3.05, 3.63) is 0 Å². The number of aliphatic hydroxyl groups excluding tert-OH is 3. The van der Waals surface area contributed by atoms with Crippen molar-refractivity contribution in [3.8, 4) is 0 Å². The Morgan fingerprint density at radius 2 is 2.33 bits per heavy atom. The lowest BCUT2D eigenvalue weighted by Crippen LogP contribution is -2.37. The Morgan fingerprint density at radius 1 is 1.67 bits per heavy atom. The van der Waals surface area contributed by atoms with Crippen LogP contribution >= 0.6 is 0 Å². The quantitative estimate of drug-likeness (QED) is 0.359. The summed E-state index contributed by atoms with van der Waals surface area (Å²) in [5.74, 6) is -0.977. The molecule has 0 aromatic heterocycles. The molecule has 0 bridgehead atoms. The topological polar surface area (TPSA) is 87.0 Å². The molecule has 0 aliphatic carbocycles. The molecule has 0 aromatic rings. The number of hydrogen-bond donors (Lipinski definition) is 3. The van der Waals surface area contributed by atoms with Gasteiger partial charge in [-0.1, -0.05) is 6.90 Å². The van der Waals surface area contributed by atoms with Gasteiger partial charge in [-0.3, -0.25) is 0 Å². The summed E-state index contributed by atoms with van der Waals surface area (Å²) in [6.45, 7) is -0.530. The molecule has 0 spiro atoms. The minimum absolute atomic E-state index is 0.0392. The van der Waals surface area contributed by atoms with E-state index in [2.05, 4.69) is 4.74 Å². The second kappa shape index (κ2) is 5.93. The molecule has 5 heteroatoms. The van der Waals surface area contributed by atoms with Crippen molar-refractivity contribution in [2.24, 2.45) is 0 Å². The van der Waals surface area contributed by atoms with Crippen LogP contribution in [0.4, 0.5) is 0 Å². The summed E-state index contributed by atoms with van der Waals surface area (Å²) in [5, 5.41) is 26.1. The van der Waals surface area contributed by atoms with Crippen LogP contribution in [0.3, 0.4) is 0 Å². The lowest BCUT2D eigenvalue weighted by Gasteiger charge is -2.13. The predicted octanol–water partition coefficient (Wildman–Crippen LogP) is -1.35. The highest BCUT2D eigenvalue weighted by Gasteiger charge is 2.24. The Kier molecular flexibility index (Phi) is 4.67. The molecule has 0 aromatic carbocycles. The average Bonchev–Trinajstić information content (AvgIpc) is 2.15. The van der Waals surface area contributed by atoms with Crippen molar-refractivity contribution in [1.29, 1.82) is 0 Å². The Bertz CT molecular complexity index is 152. The maximum atomic E-state index is 10.8. The van der Waals surface area contributed by atoms with E-state index >= 15 is 0 Å². The Balaban J connectivity index is 3.69. The molecule has 3 N–H and O–H groups in total. The fraction of sp³-hybridized carbons (Fsp3) is 0.857. The number of ether oxygens (including phenoxy) is 1. The predicted molar refractivity (Wildman–Crippen MR) is 40.3 cm³/mol. The molecule has 0 fully saturated rings. The van der Waals surface area contributed by atoms with E-state index in [0.29, 0.717) is 6.42 Å². The highest BCUT2D eigenvalue weighted by molar-refractivity contribution is 5.75. The van der Waals surface area contributed by atoms with E-state index in [4.69, 9.17) is 16.7 Å². The van der Waals surface area contributed by atoms with Crippen molar-refractivity contribution in [3.63, 3.8) is 0 Å². The molecule has 5 nitrogen and oxygen atoms in total. The number of aliphatic hydroxyl groups is 3. The van der Waals surface area contributed by atoms with E-state index in [1.54, 1.807) is 0 Å². The second-order valence-electron chi connectivity index (χ2n) is 2.22. The van der Waals surface area contributed by atoms with Gasteiger partial charge in [-0.05, 0) is 6.42 Å². The minimum atomic E-state index is -1.71. The van der Waals surface area contributed by atoms with E-state index in [1.165, 1.54) is 0 Å². The summed E-state index contributed by atoms with van der Waals surface area (Å²) < 4.78 is 11.2. The largest absolute Gasteiger partial charge is 0.464 e. The van der Waals surface area contributed by atoms with Gasteiger partial charge >= 0.3 is 5.97 Å².